The minimum absolute atomic E-state index is 0.139. The lowest BCUT2D eigenvalue weighted by molar-refractivity contribution is 0.0953. The molecular weight excluding hydrogens is 294 g/mol. The van der Waals surface area contributed by atoms with Crippen molar-refractivity contribution in [2.45, 2.75) is 6.42 Å². The van der Waals surface area contributed by atoms with Crippen LogP contribution >= 0.6 is 0 Å². The summed E-state index contributed by atoms with van der Waals surface area (Å²) < 4.78 is 10.5. The Labute approximate surface area is 132 Å². The third-order valence-corrected chi connectivity index (χ3v) is 3.72. The number of benzene rings is 2. The van der Waals surface area contributed by atoms with Gasteiger partial charge < -0.3 is 19.8 Å². The lowest BCUT2D eigenvalue weighted by Gasteiger charge is -2.05. The summed E-state index contributed by atoms with van der Waals surface area (Å²) in [6.07, 6.45) is 0.644. The van der Waals surface area contributed by atoms with E-state index in [0.29, 0.717) is 30.0 Å². The lowest BCUT2D eigenvalue weighted by atomic mass is 10.2. The standard InChI is InChI=1S/C17H15N3O3/c21-17(11-5-6-14-15(9-11)23-10-22-14)18-8-7-16-19-12-3-1-2-4-13(12)20-16/h1-6,9H,7-8,10H2,(H,18,21)(H,19,20). The minimum atomic E-state index is -0.139. The summed E-state index contributed by atoms with van der Waals surface area (Å²) >= 11 is 0. The molecule has 0 bridgehead atoms. The van der Waals surface area contributed by atoms with E-state index in [1.807, 2.05) is 24.3 Å². The average Bonchev–Trinajstić information content (AvgIpc) is 3.19. The van der Waals surface area contributed by atoms with Gasteiger partial charge in [-0.15, -0.1) is 0 Å². The second kappa shape index (κ2) is 5.64. The van der Waals surface area contributed by atoms with Gasteiger partial charge in [-0.1, -0.05) is 12.1 Å². The van der Waals surface area contributed by atoms with Gasteiger partial charge in [-0.25, -0.2) is 4.98 Å². The van der Waals surface area contributed by atoms with Crippen LogP contribution in [0.1, 0.15) is 16.2 Å². The summed E-state index contributed by atoms with van der Waals surface area (Å²) in [4.78, 5) is 19.9. The van der Waals surface area contributed by atoms with Crippen LogP contribution in [-0.2, 0) is 6.42 Å². The quantitative estimate of drug-likeness (QED) is 0.775. The molecule has 6 nitrogen and oxygen atoms in total. The van der Waals surface area contributed by atoms with Crippen molar-refractivity contribution in [3.8, 4) is 11.5 Å². The van der Waals surface area contributed by atoms with Crippen LogP contribution in [0, 0.1) is 0 Å². The number of carbonyl (C=O) groups excluding carboxylic acids is 1. The molecule has 0 atom stereocenters. The van der Waals surface area contributed by atoms with E-state index in [4.69, 9.17) is 9.47 Å². The van der Waals surface area contributed by atoms with Crippen LogP contribution in [0.4, 0.5) is 0 Å². The maximum absolute atomic E-state index is 12.2. The van der Waals surface area contributed by atoms with E-state index < -0.39 is 0 Å². The summed E-state index contributed by atoms with van der Waals surface area (Å²) in [5, 5.41) is 2.89. The highest BCUT2D eigenvalue weighted by atomic mass is 16.7. The van der Waals surface area contributed by atoms with E-state index in [9.17, 15) is 4.79 Å². The van der Waals surface area contributed by atoms with Gasteiger partial charge in [0.2, 0.25) is 6.79 Å². The second-order valence-corrected chi connectivity index (χ2v) is 5.27. The molecule has 1 aliphatic heterocycles. The van der Waals surface area contributed by atoms with Gasteiger partial charge in [0.1, 0.15) is 5.82 Å². The Bertz CT molecular complexity index is 839. The first-order chi connectivity index (χ1) is 11.3. The molecule has 1 aromatic heterocycles. The van der Waals surface area contributed by atoms with E-state index in [1.54, 1.807) is 18.2 Å². The highest BCUT2D eigenvalue weighted by Gasteiger charge is 2.16. The van der Waals surface area contributed by atoms with E-state index in [2.05, 4.69) is 15.3 Å². The summed E-state index contributed by atoms with van der Waals surface area (Å²) in [6.45, 7) is 0.708. The number of para-hydroxylation sites is 2. The molecule has 6 heteroatoms. The van der Waals surface area contributed by atoms with E-state index in [-0.39, 0.29) is 12.7 Å². The molecule has 4 rings (SSSR count). The average molecular weight is 309 g/mol. The van der Waals surface area contributed by atoms with E-state index in [0.717, 1.165) is 16.9 Å². The largest absolute Gasteiger partial charge is 0.454 e. The summed E-state index contributed by atoms with van der Waals surface area (Å²) in [7, 11) is 0. The molecule has 0 fully saturated rings. The predicted molar refractivity (Wildman–Crippen MR) is 84.7 cm³/mol. The van der Waals surface area contributed by atoms with Crippen molar-refractivity contribution < 1.29 is 14.3 Å². The van der Waals surface area contributed by atoms with Crippen molar-refractivity contribution in [2.24, 2.45) is 0 Å². The van der Waals surface area contributed by atoms with Gasteiger partial charge in [-0.2, -0.15) is 0 Å². The first-order valence-corrected chi connectivity index (χ1v) is 7.41. The molecule has 0 spiro atoms. The SMILES string of the molecule is O=C(NCCc1nc2ccccc2[nH]1)c1ccc2c(c1)OCO2. The molecular formula is C17H15N3O3. The molecule has 2 aromatic carbocycles. The zero-order valence-corrected chi connectivity index (χ0v) is 12.3. The highest BCUT2D eigenvalue weighted by Crippen LogP contribution is 2.32. The minimum Gasteiger partial charge on any atom is -0.454 e. The van der Waals surface area contributed by atoms with Gasteiger partial charge in [-0.3, -0.25) is 4.79 Å². The van der Waals surface area contributed by atoms with E-state index >= 15 is 0 Å². The van der Waals surface area contributed by atoms with Crippen LogP contribution in [0.25, 0.3) is 11.0 Å². The number of hydrogen-bond acceptors (Lipinski definition) is 4. The Balaban J connectivity index is 1.38. The van der Waals surface area contributed by atoms with Crippen molar-refractivity contribution in [3.05, 3.63) is 53.9 Å². The van der Waals surface area contributed by atoms with Crippen LogP contribution < -0.4 is 14.8 Å². The van der Waals surface area contributed by atoms with Crippen LogP contribution in [0.2, 0.25) is 0 Å². The van der Waals surface area contributed by atoms with Crippen molar-refractivity contribution in [3.63, 3.8) is 0 Å². The van der Waals surface area contributed by atoms with Crippen LogP contribution in [-0.4, -0.2) is 29.2 Å². The smallest absolute Gasteiger partial charge is 0.251 e. The van der Waals surface area contributed by atoms with E-state index in [1.165, 1.54) is 0 Å². The molecule has 0 aliphatic carbocycles. The third kappa shape index (κ3) is 2.70. The molecule has 0 radical (unpaired) electrons. The molecule has 1 amide bonds. The number of nitrogens with zero attached hydrogens (tertiary/aromatic N) is 1. The fourth-order valence-electron chi connectivity index (χ4n) is 2.56. The molecule has 116 valence electrons. The number of amides is 1. The number of hydrogen-bond donors (Lipinski definition) is 2. The molecule has 2 heterocycles. The number of fused-ring (bicyclic) bond motifs is 2. The molecule has 0 saturated carbocycles. The number of aromatic nitrogens is 2. The van der Waals surface area contributed by atoms with Crippen molar-refractivity contribution in [2.75, 3.05) is 13.3 Å². The third-order valence-electron chi connectivity index (χ3n) is 3.72. The first-order valence-electron chi connectivity index (χ1n) is 7.41. The highest BCUT2D eigenvalue weighted by molar-refractivity contribution is 5.94. The fourth-order valence-corrected chi connectivity index (χ4v) is 2.56. The predicted octanol–water partition coefficient (Wildman–Crippen LogP) is 2.26. The number of carbonyl (C=O) groups is 1. The topological polar surface area (TPSA) is 76.2 Å². The van der Waals surface area contributed by atoms with Gasteiger partial charge in [0.25, 0.3) is 5.91 Å². The number of nitrogens with one attached hydrogen (secondary N) is 2. The fraction of sp³-hybridized carbons (Fsp3) is 0.176. The van der Waals surface area contributed by atoms with Crippen molar-refractivity contribution in [1.82, 2.24) is 15.3 Å². The summed E-state index contributed by atoms with van der Waals surface area (Å²) in [5.74, 6) is 2.00. The number of ether oxygens (including phenoxy) is 2. The number of aromatic amines is 1. The van der Waals surface area contributed by atoms with Crippen molar-refractivity contribution in [1.29, 1.82) is 0 Å². The van der Waals surface area contributed by atoms with Crippen molar-refractivity contribution >= 4 is 16.9 Å². The maximum Gasteiger partial charge on any atom is 0.251 e. The normalized spacial score (nSPS) is 12.5. The van der Waals surface area contributed by atoms with Gasteiger partial charge in [0.05, 0.1) is 11.0 Å². The molecule has 0 unspecified atom stereocenters. The van der Waals surface area contributed by atoms with Gasteiger partial charge in [0.15, 0.2) is 11.5 Å². The van der Waals surface area contributed by atoms with Crippen LogP contribution in [0.5, 0.6) is 11.5 Å². The second-order valence-electron chi connectivity index (χ2n) is 5.27. The molecule has 23 heavy (non-hydrogen) atoms. The molecule has 1 aliphatic rings. The zero-order chi connectivity index (χ0) is 15.6. The molecule has 0 saturated heterocycles. The first kappa shape index (κ1) is 13.6. The molecule has 3 aromatic rings. The van der Waals surface area contributed by atoms with Gasteiger partial charge >= 0.3 is 0 Å². The Morgan fingerprint density at radius 1 is 1.17 bits per heavy atom. The number of H-pyrrole nitrogens is 1. The Kier molecular flexibility index (Phi) is 3.34. The Morgan fingerprint density at radius 2 is 2.04 bits per heavy atom. The lowest BCUT2D eigenvalue weighted by Crippen LogP contribution is -2.25. The maximum atomic E-state index is 12.2. The summed E-state index contributed by atoms with van der Waals surface area (Å²) in [6, 6.07) is 13.0. The van der Waals surface area contributed by atoms with Gasteiger partial charge in [0, 0.05) is 18.5 Å². The summed E-state index contributed by atoms with van der Waals surface area (Å²) in [5.41, 5.74) is 2.49. The number of rotatable bonds is 4. The molecule has 2 N–H and O–H groups in total. The number of imidazole rings is 1. The van der Waals surface area contributed by atoms with Gasteiger partial charge in [-0.05, 0) is 30.3 Å². The van der Waals surface area contributed by atoms with Crippen LogP contribution in [0.15, 0.2) is 42.5 Å². The van der Waals surface area contributed by atoms with Crippen LogP contribution in [0.3, 0.4) is 0 Å². The monoisotopic (exact) mass is 309 g/mol. The Hall–Kier alpha value is -3.02. The Morgan fingerprint density at radius 3 is 2.96 bits per heavy atom. The zero-order valence-electron chi connectivity index (χ0n) is 12.3.